The molecule has 0 spiro atoms. The van der Waals surface area contributed by atoms with Gasteiger partial charge in [0.1, 0.15) is 5.75 Å². The highest BCUT2D eigenvalue weighted by atomic mass is 16.3. The van der Waals surface area contributed by atoms with Crippen LogP contribution >= 0.6 is 0 Å². The molecule has 0 saturated carbocycles. The molecule has 1 aromatic carbocycles. The Balaban J connectivity index is 2.34. The third-order valence-electron chi connectivity index (χ3n) is 5.13. The molecule has 2 atom stereocenters. The summed E-state index contributed by atoms with van der Waals surface area (Å²) in [5, 5.41) is 18.8. The molecule has 0 saturated heterocycles. The molecule has 2 heteroatoms. The molecule has 0 radical (unpaired) electrons. The molecule has 0 fully saturated rings. The van der Waals surface area contributed by atoms with Crippen LogP contribution in [0, 0.1) is 18.3 Å². The molecular weight excluding hydrogens is 282 g/mol. The van der Waals surface area contributed by atoms with Gasteiger partial charge < -0.3 is 10.5 Å². The molecule has 2 unspecified atom stereocenters. The van der Waals surface area contributed by atoms with Crippen molar-refractivity contribution in [1.82, 2.24) is 0 Å². The Kier molecular flexibility index (Phi) is 6.04. The van der Waals surface area contributed by atoms with Crippen LogP contribution < -0.4 is 0 Å². The number of hydrogen-bond donors (Lipinski definition) is 2. The van der Waals surface area contributed by atoms with E-state index in [1.54, 1.807) is 0 Å². The van der Waals surface area contributed by atoms with E-state index in [9.17, 15) is 5.11 Å². The summed E-state index contributed by atoms with van der Waals surface area (Å²) in [6.45, 7) is 8.38. The van der Waals surface area contributed by atoms with E-state index in [0.717, 1.165) is 30.5 Å². The molecule has 0 heterocycles. The predicted molar refractivity (Wildman–Crippen MR) is 98.7 cm³/mol. The molecule has 0 aromatic heterocycles. The first-order chi connectivity index (χ1) is 10.9. The van der Waals surface area contributed by atoms with Gasteiger partial charge in [-0.15, -0.1) is 0 Å². The number of hydrogen-bond acceptors (Lipinski definition) is 2. The molecule has 1 aliphatic rings. The molecule has 0 amide bonds. The average molecular weight is 313 g/mol. The molecule has 0 aliphatic heterocycles. The van der Waals surface area contributed by atoms with E-state index in [0.29, 0.717) is 5.75 Å². The SMILES string of the molecule is CCCCCc1cc(C)c(C2C=C(C)CCC2C(C)=N)c(O)c1. The minimum absolute atomic E-state index is 0.144. The van der Waals surface area contributed by atoms with E-state index in [1.165, 1.54) is 36.0 Å². The maximum absolute atomic E-state index is 10.7. The first kappa shape index (κ1) is 17.8. The summed E-state index contributed by atoms with van der Waals surface area (Å²) in [7, 11) is 0. The van der Waals surface area contributed by atoms with Crippen LogP contribution in [0.5, 0.6) is 5.75 Å². The van der Waals surface area contributed by atoms with Gasteiger partial charge in [0.15, 0.2) is 0 Å². The molecule has 1 aliphatic carbocycles. The standard InChI is InChI=1S/C21H31NO/c1-5-6-7-8-17-12-15(3)21(20(23)13-17)19-11-14(2)9-10-18(19)16(4)22/h11-13,18-19,22-23H,5-10H2,1-4H3. The predicted octanol–water partition coefficient (Wildman–Crippen LogP) is 5.91. The van der Waals surface area contributed by atoms with Crippen molar-refractivity contribution in [2.45, 2.75) is 72.1 Å². The van der Waals surface area contributed by atoms with Crippen LogP contribution in [0.15, 0.2) is 23.8 Å². The highest BCUT2D eigenvalue weighted by Gasteiger charge is 2.29. The van der Waals surface area contributed by atoms with Crippen LogP contribution in [-0.4, -0.2) is 10.8 Å². The molecule has 2 nitrogen and oxygen atoms in total. The van der Waals surface area contributed by atoms with Crippen LogP contribution in [0.4, 0.5) is 0 Å². The third-order valence-corrected chi connectivity index (χ3v) is 5.13. The Labute approximate surface area is 141 Å². The molecule has 126 valence electrons. The van der Waals surface area contributed by atoms with E-state index in [4.69, 9.17) is 5.41 Å². The molecule has 1 aromatic rings. The van der Waals surface area contributed by atoms with Crippen molar-refractivity contribution in [3.05, 3.63) is 40.5 Å². The van der Waals surface area contributed by atoms with E-state index in [-0.39, 0.29) is 11.8 Å². The highest BCUT2D eigenvalue weighted by Crippen LogP contribution is 2.42. The summed E-state index contributed by atoms with van der Waals surface area (Å²) in [5.41, 5.74) is 5.53. The monoisotopic (exact) mass is 313 g/mol. The Morgan fingerprint density at radius 3 is 2.61 bits per heavy atom. The van der Waals surface area contributed by atoms with Gasteiger partial charge in [0.05, 0.1) is 0 Å². The van der Waals surface area contributed by atoms with Crippen molar-refractivity contribution in [3.63, 3.8) is 0 Å². The number of aryl methyl sites for hydroxylation is 2. The number of benzene rings is 1. The summed E-state index contributed by atoms with van der Waals surface area (Å²) in [6.07, 6.45) is 9.02. The minimum atomic E-state index is 0.144. The second kappa shape index (κ2) is 7.81. The van der Waals surface area contributed by atoms with Gasteiger partial charge in [-0.05, 0) is 63.6 Å². The van der Waals surface area contributed by atoms with E-state index in [1.807, 2.05) is 13.0 Å². The zero-order valence-corrected chi connectivity index (χ0v) is 15.1. The van der Waals surface area contributed by atoms with Crippen molar-refractivity contribution >= 4 is 5.71 Å². The first-order valence-corrected chi connectivity index (χ1v) is 8.98. The minimum Gasteiger partial charge on any atom is -0.508 e. The number of phenols is 1. The topological polar surface area (TPSA) is 44.1 Å². The fourth-order valence-corrected chi connectivity index (χ4v) is 3.85. The lowest BCUT2D eigenvalue weighted by Crippen LogP contribution is -2.22. The van der Waals surface area contributed by atoms with E-state index in [2.05, 4.69) is 32.9 Å². The molecular formula is C21H31NO. The van der Waals surface area contributed by atoms with Crippen molar-refractivity contribution in [2.75, 3.05) is 0 Å². The van der Waals surface area contributed by atoms with E-state index < -0.39 is 0 Å². The lowest BCUT2D eigenvalue weighted by Gasteiger charge is -2.31. The maximum atomic E-state index is 10.7. The number of nitrogens with one attached hydrogen (secondary N) is 1. The third kappa shape index (κ3) is 4.25. The van der Waals surface area contributed by atoms with Gasteiger partial charge in [-0.25, -0.2) is 0 Å². The number of allylic oxidation sites excluding steroid dienone is 2. The quantitative estimate of drug-likeness (QED) is 0.382. The van der Waals surface area contributed by atoms with Crippen molar-refractivity contribution in [3.8, 4) is 5.75 Å². The van der Waals surface area contributed by atoms with Crippen molar-refractivity contribution < 1.29 is 5.11 Å². The maximum Gasteiger partial charge on any atom is 0.119 e. The summed E-state index contributed by atoms with van der Waals surface area (Å²) in [4.78, 5) is 0. The van der Waals surface area contributed by atoms with Crippen LogP contribution in [0.25, 0.3) is 0 Å². The Morgan fingerprint density at radius 2 is 2.00 bits per heavy atom. The fourth-order valence-electron chi connectivity index (χ4n) is 3.85. The number of rotatable bonds is 6. The van der Waals surface area contributed by atoms with Gasteiger partial charge in [0.25, 0.3) is 0 Å². The van der Waals surface area contributed by atoms with E-state index >= 15 is 0 Å². The van der Waals surface area contributed by atoms with Crippen molar-refractivity contribution in [2.24, 2.45) is 5.92 Å². The molecule has 2 N–H and O–H groups in total. The van der Waals surface area contributed by atoms with Gasteiger partial charge in [0, 0.05) is 23.1 Å². The Bertz CT molecular complexity index is 577. The van der Waals surface area contributed by atoms with Crippen LogP contribution in [0.1, 0.15) is 75.5 Å². The summed E-state index contributed by atoms with van der Waals surface area (Å²) < 4.78 is 0. The molecule has 23 heavy (non-hydrogen) atoms. The van der Waals surface area contributed by atoms with Gasteiger partial charge in [-0.3, -0.25) is 0 Å². The molecule has 0 bridgehead atoms. The molecule has 2 rings (SSSR count). The van der Waals surface area contributed by atoms with Gasteiger partial charge in [-0.2, -0.15) is 0 Å². The second-order valence-corrected chi connectivity index (χ2v) is 7.17. The summed E-state index contributed by atoms with van der Waals surface area (Å²) in [6, 6.07) is 4.19. The lowest BCUT2D eigenvalue weighted by molar-refractivity contribution is 0.448. The van der Waals surface area contributed by atoms with Gasteiger partial charge >= 0.3 is 0 Å². The number of aromatic hydroxyl groups is 1. The lowest BCUT2D eigenvalue weighted by atomic mass is 9.73. The normalized spacial score (nSPS) is 21.1. The second-order valence-electron chi connectivity index (χ2n) is 7.17. The fraction of sp³-hybridized carbons (Fsp3) is 0.571. The van der Waals surface area contributed by atoms with Crippen molar-refractivity contribution in [1.29, 1.82) is 5.41 Å². The van der Waals surface area contributed by atoms with Gasteiger partial charge in [-0.1, -0.05) is 37.5 Å². The van der Waals surface area contributed by atoms with Crippen LogP contribution in [0.3, 0.4) is 0 Å². The average Bonchev–Trinajstić information content (AvgIpc) is 2.46. The summed E-state index contributed by atoms with van der Waals surface area (Å²) in [5.74, 6) is 0.777. The Morgan fingerprint density at radius 1 is 1.26 bits per heavy atom. The number of unbranched alkanes of at least 4 members (excludes halogenated alkanes) is 2. The largest absolute Gasteiger partial charge is 0.508 e. The highest BCUT2D eigenvalue weighted by molar-refractivity contribution is 5.83. The zero-order valence-electron chi connectivity index (χ0n) is 15.1. The zero-order chi connectivity index (χ0) is 17.0. The van der Waals surface area contributed by atoms with Crippen LogP contribution in [-0.2, 0) is 6.42 Å². The number of phenolic OH excluding ortho intramolecular Hbond substituents is 1. The first-order valence-electron chi connectivity index (χ1n) is 8.98. The Hall–Kier alpha value is -1.57. The van der Waals surface area contributed by atoms with Crippen LogP contribution in [0.2, 0.25) is 0 Å². The smallest absolute Gasteiger partial charge is 0.119 e. The van der Waals surface area contributed by atoms with Gasteiger partial charge in [0.2, 0.25) is 0 Å². The summed E-state index contributed by atoms with van der Waals surface area (Å²) >= 11 is 0.